The summed E-state index contributed by atoms with van der Waals surface area (Å²) in [5, 5.41) is 3.07. The lowest BCUT2D eigenvalue weighted by Crippen LogP contribution is -2.07. The van der Waals surface area contributed by atoms with Crippen LogP contribution in [0.1, 0.15) is 36.5 Å². The minimum atomic E-state index is -0.225. The van der Waals surface area contributed by atoms with Crippen molar-refractivity contribution >= 4 is 0 Å². The van der Waals surface area contributed by atoms with Gasteiger partial charge in [0.2, 0.25) is 0 Å². The summed E-state index contributed by atoms with van der Waals surface area (Å²) < 4.78 is 19.7. The van der Waals surface area contributed by atoms with Crippen LogP contribution in [-0.2, 0) is 13.2 Å². The van der Waals surface area contributed by atoms with E-state index >= 15 is 0 Å². The number of ether oxygens (including phenoxy) is 1. The van der Waals surface area contributed by atoms with Gasteiger partial charge in [-0.2, -0.15) is 0 Å². The third kappa shape index (κ3) is 4.05. The van der Waals surface area contributed by atoms with E-state index in [4.69, 9.17) is 4.74 Å². The van der Waals surface area contributed by atoms with Crippen LogP contribution in [0.4, 0.5) is 4.39 Å². The third-order valence-electron chi connectivity index (χ3n) is 3.42. The molecule has 0 fully saturated rings. The minimum Gasteiger partial charge on any atom is -0.489 e. The van der Waals surface area contributed by atoms with Crippen molar-refractivity contribution in [1.29, 1.82) is 0 Å². The number of halogens is 1. The van der Waals surface area contributed by atoms with Crippen LogP contribution >= 0.6 is 0 Å². The molecule has 0 saturated carbocycles. The van der Waals surface area contributed by atoms with Crippen LogP contribution in [0.2, 0.25) is 0 Å². The Morgan fingerprint density at radius 3 is 2.62 bits per heavy atom. The molecule has 0 atom stereocenters. The van der Waals surface area contributed by atoms with Gasteiger partial charge in [-0.15, -0.1) is 0 Å². The summed E-state index contributed by atoms with van der Waals surface area (Å²) >= 11 is 0. The first-order valence-electron chi connectivity index (χ1n) is 7.25. The molecule has 0 unspecified atom stereocenters. The van der Waals surface area contributed by atoms with Crippen molar-refractivity contribution in [2.45, 2.75) is 32.9 Å². The Bertz CT molecular complexity index is 596. The zero-order chi connectivity index (χ0) is 15.2. The Kier molecular flexibility index (Phi) is 5.34. The van der Waals surface area contributed by atoms with E-state index in [1.807, 2.05) is 37.4 Å². The predicted molar refractivity (Wildman–Crippen MR) is 84.0 cm³/mol. The number of para-hydroxylation sites is 1. The van der Waals surface area contributed by atoms with E-state index < -0.39 is 0 Å². The second-order valence-corrected chi connectivity index (χ2v) is 5.44. The average molecular weight is 287 g/mol. The van der Waals surface area contributed by atoms with Gasteiger partial charge < -0.3 is 10.1 Å². The molecule has 3 heteroatoms. The SMILES string of the molecule is CNCc1ccc(F)c(COc2ccccc2C(C)C)c1. The number of hydrogen-bond donors (Lipinski definition) is 1. The van der Waals surface area contributed by atoms with Gasteiger partial charge in [-0.05, 0) is 42.3 Å². The molecular formula is C18H22FNO. The fourth-order valence-electron chi connectivity index (χ4n) is 2.30. The van der Waals surface area contributed by atoms with Crippen LogP contribution in [0.25, 0.3) is 0 Å². The van der Waals surface area contributed by atoms with E-state index in [-0.39, 0.29) is 12.4 Å². The standard InChI is InChI=1S/C18H22FNO/c1-13(2)16-6-4-5-7-18(16)21-12-15-10-14(11-20-3)8-9-17(15)19/h4-10,13,20H,11-12H2,1-3H3. The van der Waals surface area contributed by atoms with Gasteiger partial charge in [-0.25, -0.2) is 4.39 Å². The van der Waals surface area contributed by atoms with Crippen molar-refractivity contribution in [3.8, 4) is 5.75 Å². The van der Waals surface area contributed by atoms with Gasteiger partial charge in [-0.3, -0.25) is 0 Å². The smallest absolute Gasteiger partial charge is 0.129 e. The van der Waals surface area contributed by atoms with E-state index in [1.54, 1.807) is 6.07 Å². The third-order valence-corrected chi connectivity index (χ3v) is 3.42. The van der Waals surface area contributed by atoms with Crippen LogP contribution in [0.3, 0.4) is 0 Å². The zero-order valence-corrected chi connectivity index (χ0v) is 12.8. The average Bonchev–Trinajstić information content (AvgIpc) is 2.48. The maximum atomic E-state index is 13.9. The molecule has 2 aromatic carbocycles. The molecular weight excluding hydrogens is 265 g/mol. The molecule has 2 aromatic rings. The number of benzene rings is 2. The Labute approximate surface area is 126 Å². The number of rotatable bonds is 6. The van der Waals surface area contributed by atoms with Crippen molar-refractivity contribution in [2.75, 3.05) is 7.05 Å². The van der Waals surface area contributed by atoms with Crippen molar-refractivity contribution in [3.63, 3.8) is 0 Å². The summed E-state index contributed by atoms with van der Waals surface area (Å²) in [6.45, 7) is 5.20. The molecule has 0 radical (unpaired) electrons. The fraction of sp³-hybridized carbons (Fsp3) is 0.333. The molecule has 0 bridgehead atoms. The predicted octanol–water partition coefficient (Wildman–Crippen LogP) is 4.25. The molecule has 0 heterocycles. The second-order valence-electron chi connectivity index (χ2n) is 5.44. The number of hydrogen-bond acceptors (Lipinski definition) is 2. The molecule has 0 aromatic heterocycles. The molecule has 0 aliphatic carbocycles. The fourth-order valence-corrected chi connectivity index (χ4v) is 2.30. The molecule has 0 aliphatic rings. The van der Waals surface area contributed by atoms with Crippen molar-refractivity contribution in [2.24, 2.45) is 0 Å². The maximum absolute atomic E-state index is 13.9. The molecule has 2 nitrogen and oxygen atoms in total. The summed E-state index contributed by atoms with van der Waals surface area (Å²) in [5.41, 5.74) is 2.78. The molecule has 112 valence electrons. The monoisotopic (exact) mass is 287 g/mol. The quantitative estimate of drug-likeness (QED) is 0.857. The zero-order valence-electron chi connectivity index (χ0n) is 12.8. The Hall–Kier alpha value is -1.87. The van der Waals surface area contributed by atoms with E-state index in [1.165, 1.54) is 6.07 Å². The molecule has 0 saturated heterocycles. The summed E-state index contributed by atoms with van der Waals surface area (Å²) in [6.07, 6.45) is 0. The molecule has 0 aliphatic heterocycles. The highest BCUT2D eigenvalue weighted by atomic mass is 19.1. The minimum absolute atomic E-state index is 0.225. The lowest BCUT2D eigenvalue weighted by Gasteiger charge is -2.14. The van der Waals surface area contributed by atoms with Gasteiger partial charge in [0.25, 0.3) is 0 Å². The van der Waals surface area contributed by atoms with Crippen LogP contribution in [0.5, 0.6) is 5.75 Å². The highest BCUT2D eigenvalue weighted by Gasteiger charge is 2.09. The van der Waals surface area contributed by atoms with E-state index in [0.29, 0.717) is 11.5 Å². The van der Waals surface area contributed by atoms with Gasteiger partial charge >= 0.3 is 0 Å². The first-order chi connectivity index (χ1) is 10.1. The normalized spacial score (nSPS) is 10.9. The van der Waals surface area contributed by atoms with Crippen LogP contribution in [0.15, 0.2) is 42.5 Å². The summed E-state index contributed by atoms with van der Waals surface area (Å²) in [5.74, 6) is 0.976. The summed E-state index contributed by atoms with van der Waals surface area (Å²) in [7, 11) is 1.87. The lowest BCUT2D eigenvalue weighted by atomic mass is 10.0. The van der Waals surface area contributed by atoms with E-state index in [2.05, 4.69) is 19.2 Å². The van der Waals surface area contributed by atoms with Gasteiger partial charge in [0.15, 0.2) is 0 Å². The highest BCUT2D eigenvalue weighted by molar-refractivity contribution is 5.36. The Balaban J connectivity index is 2.15. The van der Waals surface area contributed by atoms with Gasteiger partial charge in [0.1, 0.15) is 18.2 Å². The lowest BCUT2D eigenvalue weighted by molar-refractivity contribution is 0.295. The summed E-state index contributed by atoms with van der Waals surface area (Å²) in [6, 6.07) is 13.1. The first kappa shape index (κ1) is 15.5. The van der Waals surface area contributed by atoms with Crippen LogP contribution in [0, 0.1) is 5.82 Å². The van der Waals surface area contributed by atoms with Crippen LogP contribution in [-0.4, -0.2) is 7.05 Å². The van der Waals surface area contributed by atoms with Crippen molar-refractivity contribution in [3.05, 3.63) is 65.0 Å². The maximum Gasteiger partial charge on any atom is 0.129 e. The van der Waals surface area contributed by atoms with Crippen molar-refractivity contribution < 1.29 is 9.13 Å². The molecule has 1 N–H and O–H groups in total. The number of nitrogens with one attached hydrogen (secondary N) is 1. The van der Waals surface area contributed by atoms with Crippen LogP contribution < -0.4 is 10.1 Å². The van der Waals surface area contributed by atoms with Gasteiger partial charge in [0, 0.05) is 12.1 Å². The highest BCUT2D eigenvalue weighted by Crippen LogP contribution is 2.27. The van der Waals surface area contributed by atoms with Gasteiger partial charge in [-0.1, -0.05) is 38.1 Å². The van der Waals surface area contributed by atoms with Gasteiger partial charge in [0.05, 0.1) is 0 Å². The molecule has 0 amide bonds. The molecule has 21 heavy (non-hydrogen) atoms. The van der Waals surface area contributed by atoms with E-state index in [9.17, 15) is 4.39 Å². The largest absolute Gasteiger partial charge is 0.489 e. The van der Waals surface area contributed by atoms with Crippen molar-refractivity contribution in [1.82, 2.24) is 5.32 Å². The van der Waals surface area contributed by atoms with E-state index in [0.717, 1.165) is 23.4 Å². The topological polar surface area (TPSA) is 21.3 Å². The Morgan fingerprint density at radius 1 is 1.14 bits per heavy atom. The molecule has 2 rings (SSSR count). The Morgan fingerprint density at radius 2 is 1.90 bits per heavy atom. The first-order valence-corrected chi connectivity index (χ1v) is 7.25. The molecule has 0 spiro atoms. The summed E-state index contributed by atoms with van der Waals surface area (Å²) in [4.78, 5) is 0. The second kappa shape index (κ2) is 7.23.